The van der Waals surface area contributed by atoms with Gasteiger partial charge in [-0.05, 0) is 37.7 Å². The first kappa shape index (κ1) is 21.3. The van der Waals surface area contributed by atoms with Crippen molar-refractivity contribution in [3.63, 3.8) is 0 Å². The van der Waals surface area contributed by atoms with Crippen molar-refractivity contribution < 1.29 is 4.79 Å². The molecular weight excluding hydrogens is 366 g/mol. The molecule has 2 fully saturated rings. The average Bonchev–Trinajstić information content (AvgIpc) is 2.74. The Morgan fingerprint density at radius 2 is 1.83 bits per heavy atom. The average molecular weight is 402 g/mol. The van der Waals surface area contributed by atoms with Crippen molar-refractivity contribution in [2.75, 3.05) is 38.6 Å². The lowest BCUT2D eigenvalue weighted by Crippen LogP contribution is -2.53. The Morgan fingerprint density at radius 1 is 1.14 bits per heavy atom. The van der Waals surface area contributed by atoms with Gasteiger partial charge >= 0.3 is 0 Å². The second kappa shape index (κ2) is 10.4. The van der Waals surface area contributed by atoms with E-state index >= 15 is 0 Å². The van der Waals surface area contributed by atoms with Crippen molar-refractivity contribution in [2.45, 2.75) is 57.5 Å². The summed E-state index contributed by atoms with van der Waals surface area (Å²) in [7, 11) is 3.53. The van der Waals surface area contributed by atoms with Gasteiger partial charge in [0.2, 0.25) is 11.9 Å². The van der Waals surface area contributed by atoms with Gasteiger partial charge in [0.15, 0.2) is 5.96 Å². The highest BCUT2D eigenvalue weighted by Gasteiger charge is 2.25. The molecule has 0 spiro atoms. The summed E-state index contributed by atoms with van der Waals surface area (Å²) in [6.45, 7) is 4.29. The summed E-state index contributed by atoms with van der Waals surface area (Å²) in [6, 6.07) is 2.59. The predicted octanol–water partition coefficient (Wildman–Crippen LogP) is 1.65. The van der Waals surface area contributed by atoms with Crippen molar-refractivity contribution >= 4 is 17.8 Å². The molecule has 8 heteroatoms. The number of aromatic nitrogens is 2. The second-order valence-corrected chi connectivity index (χ2v) is 8.42. The molecule has 1 saturated carbocycles. The van der Waals surface area contributed by atoms with E-state index in [1.807, 2.05) is 6.07 Å². The van der Waals surface area contributed by atoms with Gasteiger partial charge in [-0.25, -0.2) is 15.0 Å². The van der Waals surface area contributed by atoms with Crippen LogP contribution < -0.4 is 15.5 Å². The van der Waals surface area contributed by atoms with Gasteiger partial charge in [-0.3, -0.25) is 4.79 Å². The fraction of sp³-hybridized carbons (Fsp3) is 0.714. The van der Waals surface area contributed by atoms with Crippen LogP contribution in [-0.2, 0) is 4.79 Å². The number of hydrogen-bond acceptors (Lipinski definition) is 5. The number of guanidine groups is 1. The number of carbonyl (C=O) groups excluding carboxylic acids is 1. The molecule has 1 aromatic rings. The third-order valence-corrected chi connectivity index (χ3v) is 5.98. The minimum Gasteiger partial charge on any atom is -0.354 e. The van der Waals surface area contributed by atoms with Crippen molar-refractivity contribution in [3.8, 4) is 0 Å². The van der Waals surface area contributed by atoms with Crippen LogP contribution in [0.2, 0.25) is 0 Å². The fourth-order valence-corrected chi connectivity index (χ4v) is 4.00. The van der Waals surface area contributed by atoms with Crippen LogP contribution in [0.1, 0.15) is 45.4 Å². The molecule has 1 aliphatic carbocycles. The smallest absolute Gasteiger partial charge is 0.243 e. The van der Waals surface area contributed by atoms with Crippen LogP contribution in [0.3, 0.4) is 0 Å². The molecule has 1 amide bonds. The van der Waals surface area contributed by atoms with Crippen LogP contribution in [-0.4, -0.2) is 72.5 Å². The van der Waals surface area contributed by atoms with E-state index in [-0.39, 0.29) is 12.5 Å². The number of rotatable bonds is 5. The summed E-state index contributed by atoms with van der Waals surface area (Å²) in [5.74, 6) is 2.20. The van der Waals surface area contributed by atoms with Crippen molar-refractivity contribution in [1.82, 2.24) is 25.5 Å². The largest absolute Gasteiger partial charge is 0.354 e. The van der Waals surface area contributed by atoms with E-state index in [9.17, 15) is 4.79 Å². The number of nitrogens with zero attached hydrogens (tertiary/aromatic N) is 5. The van der Waals surface area contributed by atoms with Crippen LogP contribution in [0, 0.1) is 5.92 Å². The van der Waals surface area contributed by atoms with E-state index in [4.69, 9.17) is 0 Å². The van der Waals surface area contributed by atoms with Gasteiger partial charge in [0.1, 0.15) is 6.54 Å². The van der Waals surface area contributed by atoms with Gasteiger partial charge in [-0.15, -0.1) is 0 Å². The zero-order valence-electron chi connectivity index (χ0n) is 18.0. The van der Waals surface area contributed by atoms with E-state index in [1.54, 1.807) is 31.4 Å². The molecule has 0 radical (unpaired) electrons. The molecule has 2 atom stereocenters. The molecule has 2 unspecified atom stereocenters. The standard InChI is InChI=1S/C21H35N7O/c1-16-7-4-5-8-18(16)26-20(24-15-19(29)27(2)3)25-17-9-13-28(14-10-17)21-22-11-6-12-23-21/h6,11-12,16-18H,4-5,7-10,13-15H2,1-3H3,(H2,24,25,26). The molecule has 2 heterocycles. The molecule has 160 valence electrons. The fourth-order valence-electron chi connectivity index (χ4n) is 4.00. The maximum absolute atomic E-state index is 12.0. The van der Waals surface area contributed by atoms with Gasteiger partial charge < -0.3 is 20.4 Å². The molecule has 2 N–H and O–H groups in total. The first-order valence-corrected chi connectivity index (χ1v) is 10.8. The number of piperidine rings is 1. The number of carbonyl (C=O) groups is 1. The summed E-state index contributed by atoms with van der Waals surface area (Å²) in [4.78, 5) is 29.2. The number of amides is 1. The van der Waals surface area contributed by atoms with Gasteiger partial charge in [0.25, 0.3) is 0 Å². The van der Waals surface area contributed by atoms with Crippen LogP contribution in [0.25, 0.3) is 0 Å². The van der Waals surface area contributed by atoms with E-state index < -0.39 is 0 Å². The lowest BCUT2D eigenvalue weighted by atomic mass is 9.86. The Kier molecular flexibility index (Phi) is 7.66. The molecule has 3 rings (SSSR count). The Labute approximate surface area is 174 Å². The van der Waals surface area contributed by atoms with Gasteiger partial charge in [-0.2, -0.15) is 0 Å². The van der Waals surface area contributed by atoms with Crippen LogP contribution in [0.5, 0.6) is 0 Å². The minimum absolute atomic E-state index is 0.0128. The molecule has 2 aliphatic rings. The summed E-state index contributed by atoms with van der Waals surface area (Å²) in [5.41, 5.74) is 0. The lowest BCUT2D eigenvalue weighted by Gasteiger charge is -2.35. The second-order valence-electron chi connectivity index (χ2n) is 8.42. The summed E-state index contributed by atoms with van der Waals surface area (Å²) >= 11 is 0. The first-order valence-electron chi connectivity index (χ1n) is 10.8. The number of hydrogen-bond donors (Lipinski definition) is 2. The third kappa shape index (κ3) is 6.30. The predicted molar refractivity (Wildman–Crippen MR) is 116 cm³/mol. The first-order chi connectivity index (χ1) is 14.0. The number of nitrogens with one attached hydrogen (secondary N) is 2. The molecule has 1 aromatic heterocycles. The van der Waals surface area contributed by atoms with Crippen LogP contribution in [0.4, 0.5) is 5.95 Å². The topological polar surface area (TPSA) is 85.8 Å². The maximum atomic E-state index is 12.0. The monoisotopic (exact) mass is 401 g/mol. The molecule has 0 bridgehead atoms. The lowest BCUT2D eigenvalue weighted by molar-refractivity contribution is -0.127. The van der Waals surface area contributed by atoms with E-state index in [2.05, 4.69) is 37.4 Å². The highest BCUT2D eigenvalue weighted by molar-refractivity contribution is 5.85. The SMILES string of the molecule is CC1CCCCC1NC(=NCC(=O)N(C)C)NC1CCN(c2ncccn2)CC1. The van der Waals surface area contributed by atoms with Gasteiger partial charge in [0, 0.05) is 51.7 Å². The van der Waals surface area contributed by atoms with Gasteiger partial charge in [-0.1, -0.05) is 19.8 Å². The molecule has 0 aromatic carbocycles. The van der Waals surface area contributed by atoms with Crippen molar-refractivity contribution in [3.05, 3.63) is 18.5 Å². The summed E-state index contributed by atoms with van der Waals surface area (Å²) in [5, 5.41) is 7.21. The number of likely N-dealkylation sites (N-methyl/N-ethyl adjacent to an activating group) is 1. The normalized spacial score (nSPS) is 23.6. The Bertz CT molecular complexity index is 671. The van der Waals surface area contributed by atoms with E-state index in [0.717, 1.165) is 44.3 Å². The molecule has 8 nitrogen and oxygen atoms in total. The number of anilines is 1. The van der Waals surface area contributed by atoms with Crippen molar-refractivity contribution in [1.29, 1.82) is 0 Å². The third-order valence-electron chi connectivity index (χ3n) is 5.98. The minimum atomic E-state index is 0.0128. The Morgan fingerprint density at radius 3 is 2.48 bits per heavy atom. The van der Waals surface area contributed by atoms with Crippen molar-refractivity contribution in [2.24, 2.45) is 10.9 Å². The molecule has 1 saturated heterocycles. The van der Waals surface area contributed by atoms with Gasteiger partial charge in [0.05, 0.1) is 0 Å². The molecular formula is C21H35N7O. The Hall–Kier alpha value is -2.38. The zero-order chi connectivity index (χ0) is 20.6. The summed E-state index contributed by atoms with van der Waals surface area (Å²) in [6.07, 6.45) is 10.5. The van der Waals surface area contributed by atoms with E-state index in [1.165, 1.54) is 19.3 Å². The highest BCUT2D eigenvalue weighted by Crippen LogP contribution is 2.23. The zero-order valence-corrected chi connectivity index (χ0v) is 18.0. The van der Waals surface area contributed by atoms with E-state index in [0.29, 0.717) is 18.0 Å². The van der Waals surface area contributed by atoms with Crippen LogP contribution >= 0.6 is 0 Å². The maximum Gasteiger partial charge on any atom is 0.243 e. The quantitative estimate of drug-likeness (QED) is 0.576. The molecule has 29 heavy (non-hydrogen) atoms. The van der Waals surface area contributed by atoms with Crippen LogP contribution in [0.15, 0.2) is 23.5 Å². The number of aliphatic imine (C=N–C) groups is 1. The Balaban J connectivity index is 1.58. The highest BCUT2D eigenvalue weighted by atomic mass is 16.2. The molecule has 1 aliphatic heterocycles. The summed E-state index contributed by atoms with van der Waals surface area (Å²) < 4.78 is 0.